The summed E-state index contributed by atoms with van der Waals surface area (Å²) in [5, 5.41) is 1.09. The number of halogens is 3. The maximum Gasteiger partial charge on any atom is 0.312 e. The van der Waals surface area contributed by atoms with Gasteiger partial charge < -0.3 is 9.80 Å². The zero-order chi connectivity index (χ0) is 29.1. The summed E-state index contributed by atoms with van der Waals surface area (Å²) < 4.78 is 27.4. The number of carbonyl (C=O) groups is 2. The Morgan fingerprint density at radius 1 is 0.634 bits per heavy atom. The van der Waals surface area contributed by atoms with Crippen LogP contribution in [0.15, 0.2) is 77.7 Å². The predicted molar refractivity (Wildman–Crippen MR) is 160 cm³/mol. The maximum absolute atomic E-state index is 13.2. The van der Waals surface area contributed by atoms with Crippen LogP contribution in [0.2, 0.25) is 15.1 Å². The number of piperazine rings is 2. The SMILES string of the molecule is O=C(C(=O)N1CCN(S(=O)(=O)c2ccc(Cl)c(Cl)c2)CC1)N1CCN(C(c2ccccc2)c2ccccc2Cl)CC1. The van der Waals surface area contributed by atoms with Crippen LogP contribution in [0.5, 0.6) is 0 Å². The molecule has 0 N–H and O–H groups in total. The minimum atomic E-state index is -3.81. The highest BCUT2D eigenvalue weighted by molar-refractivity contribution is 7.89. The fraction of sp³-hybridized carbons (Fsp3) is 0.310. The average molecular weight is 636 g/mol. The molecule has 2 aliphatic rings. The minimum Gasteiger partial charge on any atom is -0.332 e. The number of nitrogens with zero attached hydrogens (tertiary/aromatic N) is 4. The summed E-state index contributed by atoms with van der Waals surface area (Å²) in [6.07, 6.45) is 0. The summed E-state index contributed by atoms with van der Waals surface area (Å²) in [6, 6.07) is 21.9. The lowest BCUT2D eigenvalue weighted by atomic mass is 9.96. The van der Waals surface area contributed by atoms with Gasteiger partial charge in [-0.2, -0.15) is 4.31 Å². The van der Waals surface area contributed by atoms with Crippen molar-refractivity contribution >= 4 is 56.6 Å². The van der Waals surface area contributed by atoms with Crippen LogP contribution >= 0.6 is 34.8 Å². The molecule has 3 aromatic rings. The molecule has 0 aromatic heterocycles. The first kappa shape index (κ1) is 29.8. The number of benzene rings is 3. The number of amides is 2. The monoisotopic (exact) mass is 634 g/mol. The minimum absolute atomic E-state index is 0.0335. The Kier molecular flexibility index (Phi) is 9.23. The quantitative estimate of drug-likeness (QED) is 0.388. The second kappa shape index (κ2) is 12.7. The molecule has 216 valence electrons. The van der Waals surface area contributed by atoms with Crippen LogP contribution in [0.25, 0.3) is 0 Å². The number of hydrogen-bond donors (Lipinski definition) is 0. The van der Waals surface area contributed by atoms with E-state index in [4.69, 9.17) is 34.8 Å². The van der Waals surface area contributed by atoms with Gasteiger partial charge in [-0.25, -0.2) is 8.42 Å². The van der Waals surface area contributed by atoms with E-state index < -0.39 is 21.8 Å². The fourth-order valence-electron chi connectivity index (χ4n) is 5.29. The molecule has 0 spiro atoms. The van der Waals surface area contributed by atoms with E-state index in [1.807, 2.05) is 42.5 Å². The van der Waals surface area contributed by atoms with Crippen molar-refractivity contribution < 1.29 is 18.0 Å². The van der Waals surface area contributed by atoms with Gasteiger partial charge in [0, 0.05) is 57.4 Å². The zero-order valence-corrected chi connectivity index (χ0v) is 25.2. The van der Waals surface area contributed by atoms with Crippen LogP contribution in [0.3, 0.4) is 0 Å². The van der Waals surface area contributed by atoms with E-state index in [2.05, 4.69) is 17.0 Å². The number of rotatable bonds is 5. The molecule has 5 rings (SSSR count). The highest BCUT2D eigenvalue weighted by atomic mass is 35.5. The fourth-order valence-corrected chi connectivity index (χ4v) is 7.34. The molecule has 8 nitrogen and oxygen atoms in total. The van der Waals surface area contributed by atoms with Crippen molar-refractivity contribution in [3.8, 4) is 0 Å². The third-order valence-electron chi connectivity index (χ3n) is 7.52. The lowest BCUT2D eigenvalue weighted by molar-refractivity contribution is -0.153. The average Bonchev–Trinajstić information content (AvgIpc) is 3.00. The van der Waals surface area contributed by atoms with E-state index in [-0.39, 0.29) is 47.2 Å². The van der Waals surface area contributed by atoms with Gasteiger partial charge in [-0.3, -0.25) is 14.5 Å². The summed E-state index contributed by atoms with van der Waals surface area (Å²) in [7, 11) is -3.81. The van der Waals surface area contributed by atoms with Gasteiger partial charge in [0.15, 0.2) is 0 Å². The topological polar surface area (TPSA) is 81.2 Å². The van der Waals surface area contributed by atoms with Gasteiger partial charge in [-0.15, -0.1) is 0 Å². The second-order valence-corrected chi connectivity index (χ2v) is 13.1. The van der Waals surface area contributed by atoms with E-state index in [0.29, 0.717) is 31.2 Å². The Balaban J connectivity index is 1.20. The van der Waals surface area contributed by atoms with Crippen LogP contribution < -0.4 is 0 Å². The third-order valence-corrected chi connectivity index (χ3v) is 10.5. The van der Waals surface area contributed by atoms with Crippen molar-refractivity contribution in [2.45, 2.75) is 10.9 Å². The highest BCUT2D eigenvalue weighted by Crippen LogP contribution is 2.34. The molecule has 0 saturated carbocycles. The lowest BCUT2D eigenvalue weighted by Gasteiger charge is -2.40. The molecule has 2 amide bonds. The Morgan fingerprint density at radius 3 is 1.78 bits per heavy atom. The summed E-state index contributed by atoms with van der Waals surface area (Å²) in [6.45, 7) is 2.31. The molecule has 41 heavy (non-hydrogen) atoms. The van der Waals surface area contributed by atoms with Gasteiger partial charge in [0.1, 0.15) is 0 Å². The van der Waals surface area contributed by atoms with Gasteiger partial charge in [0.2, 0.25) is 10.0 Å². The molecule has 3 aromatic carbocycles. The second-order valence-electron chi connectivity index (χ2n) is 9.94. The summed E-state index contributed by atoms with van der Waals surface area (Å²) in [5.41, 5.74) is 2.09. The van der Waals surface area contributed by atoms with Crippen molar-refractivity contribution in [3.63, 3.8) is 0 Å². The van der Waals surface area contributed by atoms with Crippen molar-refractivity contribution in [1.29, 1.82) is 0 Å². The smallest absolute Gasteiger partial charge is 0.312 e. The standard InChI is InChI=1S/C29H29Cl3N4O4S/c30-24-9-5-4-8-23(24)27(21-6-2-1-3-7-21)33-12-14-34(15-13-33)28(37)29(38)35-16-18-36(19-17-35)41(39,40)22-10-11-25(31)26(32)20-22/h1-11,20,27H,12-19H2. The molecule has 2 fully saturated rings. The summed E-state index contributed by atoms with van der Waals surface area (Å²) in [4.78, 5) is 31.6. The van der Waals surface area contributed by atoms with Gasteiger partial charge in [0.25, 0.3) is 0 Å². The summed E-state index contributed by atoms with van der Waals surface area (Å²) in [5.74, 6) is -1.19. The van der Waals surface area contributed by atoms with Crippen molar-refractivity contribution in [2.24, 2.45) is 0 Å². The van der Waals surface area contributed by atoms with Crippen LogP contribution in [-0.2, 0) is 19.6 Å². The molecule has 1 unspecified atom stereocenters. The first-order chi connectivity index (χ1) is 19.7. The van der Waals surface area contributed by atoms with Crippen molar-refractivity contribution in [1.82, 2.24) is 19.0 Å². The molecule has 2 saturated heterocycles. The third kappa shape index (κ3) is 6.40. The van der Waals surface area contributed by atoms with Crippen LogP contribution in [0.4, 0.5) is 0 Å². The van der Waals surface area contributed by atoms with Crippen LogP contribution in [0.1, 0.15) is 17.2 Å². The number of sulfonamides is 1. The molecule has 2 heterocycles. The van der Waals surface area contributed by atoms with E-state index in [1.165, 1.54) is 27.4 Å². The van der Waals surface area contributed by atoms with Crippen molar-refractivity contribution in [2.75, 3.05) is 52.4 Å². The molecular formula is C29H29Cl3N4O4S. The Hall–Kier alpha value is -2.66. The van der Waals surface area contributed by atoms with Gasteiger partial charge in [-0.1, -0.05) is 83.3 Å². The molecule has 1 atom stereocenters. The van der Waals surface area contributed by atoms with Crippen LogP contribution in [0, 0.1) is 0 Å². The molecule has 0 bridgehead atoms. The van der Waals surface area contributed by atoms with Crippen LogP contribution in [-0.4, -0.2) is 91.6 Å². The van der Waals surface area contributed by atoms with Gasteiger partial charge >= 0.3 is 11.8 Å². The predicted octanol–water partition coefficient (Wildman–Crippen LogP) is 4.41. The maximum atomic E-state index is 13.2. The number of hydrogen-bond acceptors (Lipinski definition) is 5. The van der Waals surface area contributed by atoms with E-state index in [1.54, 1.807) is 4.90 Å². The largest absolute Gasteiger partial charge is 0.332 e. The van der Waals surface area contributed by atoms with E-state index >= 15 is 0 Å². The van der Waals surface area contributed by atoms with Gasteiger partial charge in [0.05, 0.1) is 21.0 Å². The lowest BCUT2D eigenvalue weighted by Crippen LogP contribution is -2.57. The molecule has 2 aliphatic heterocycles. The normalized spacial score (nSPS) is 17.8. The molecule has 12 heteroatoms. The Bertz CT molecular complexity index is 1520. The summed E-state index contributed by atoms with van der Waals surface area (Å²) >= 11 is 18.5. The van der Waals surface area contributed by atoms with E-state index in [0.717, 1.165) is 11.1 Å². The Labute approximate surface area is 255 Å². The van der Waals surface area contributed by atoms with Gasteiger partial charge in [-0.05, 0) is 35.4 Å². The molecular weight excluding hydrogens is 607 g/mol. The first-order valence-electron chi connectivity index (χ1n) is 13.2. The zero-order valence-electron chi connectivity index (χ0n) is 22.1. The molecule has 0 aliphatic carbocycles. The Morgan fingerprint density at radius 2 is 1.20 bits per heavy atom. The molecule has 0 radical (unpaired) electrons. The highest BCUT2D eigenvalue weighted by Gasteiger charge is 2.36. The van der Waals surface area contributed by atoms with E-state index in [9.17, 15) is 18.0 Å². The van der Waals surface area contributed by atoms with Crippen molar-refractivity contribution in [3.05, 3.63) is 99.0 Å². The number of carbonyl (C=O) groups excluding carboxylic acids is 2. The first-order valence-corrected chi connectivity index (χ1v) is 15.8.